The first-order chi connectivity index (χ1) is 14.2. The molecule has 3 amide bonds. The van der Waals surface area contributed by atoms with Gasteiger partial charge in [-0.2, -0.15) is 0 Å². The van der Waals surface area contributed by atoms with Gasteiger partial charge in [-0.1, -0.05) is 15.9 Å². The van der Waals surface area contributed by atoms with E-state index in [2.05, 4.69) is 37.2 Å². The lowest BCUT2D eigenvalue weighted by Crippen LogP contribution is -2.36. The second-order valence-corrected chi connectivity index (χ2v) is 8.71. The number of hydrogen-bond acceptors (Lipinski definition) is 7. The third-order valence-corrected chi connectivity index (χ3v) is 5.85. The highest BCUT2D eigenvalue weighted by atomic mass is 79.9. The van der Waals surface area contributed by atoms with Crippen molar-refractivity contribution >= 4 is 78.1 Å². The van der Waals surface area contributed by atoms with Gasteiger partial charge < -0.3 is 10.4 Å². The van der Waals surface area contributed by atoms with Crippen LogP contribution in [-0.4, -0.2) is 38.5 Å². The van der Waals surface area contributed by atoms with Crippen molar-refractivity contribution in [1.82, 2.24) is 4.90 Å². The van der Waals surface area contributed by atoms with Crippen molar-refractivity contribution in [3.8, 4) is 5.75 Å². The van der Waals surface area contributed by atoms with E-state index in [1.54, 1.807) is 12.1 Å². The molecule has 1 aliphatic rings. The third-order valence-electron chi connectivity index (χ3n) is 3.88. The number of halogens is 2. The maximum atomic E-state index is 12.6. The maximum Gasteiger partial charge on any atom is 0.294 e. The summed E-state index contributed by atoms with van der Waals surface area (Å²) in [5.41, 5.74) is 0.473. The van der Waals surface area contributed by atoms with Crippen molar-refractivity contribution in [2.45, 2.75) is 0 Å². The molecule has 154 valence electrons. The summed E-state index contributed by atoms with van der Waals surface area (Å²) in [5.74, 6) is -1.40. The number of non-ortho nitro benzene ring substituents is 1. The van der Waals surface area contributed by atoms with Crippen LogP contribution >= 0.6 is 43.6 Å². The van der Waals surface area contributed by atoms with Crippen LogP contribution in [0.1, 0.15) is 5.56 Å². The average molecular weight is 557 g/mol. The van der Waals surface area contributed by atoms with Gasteiger partial charge in [0.05, 0.1) is 14.3 Å². The molecule has 1 heterocycles. The molecule has 1 fully saturated rings. The van der Waals surface area contributed by atoms with E-state index in [4.69, 9.17) is 0 Å². The monoisotopic (exact) mass is 555 g/mol. The lowest BCUT2D eigenvalue weighted by molar-refractivity contribution is -0.384. The van der Waals surface area contributed by atoms with Crippen molar-refractivity contribution in [3.05, 3.63) is 65.9 Å². The number of carbonyl (C=O) groups excluding carboxylic acids is 3. The van der Waals surface area contributed by atoms with Crippen molar-refractivity contribution < 1.29 is 24.4 Å². The predicted molar refractivity (Wildman–Crippen MR) is 118 cm³/mol. The van der Waals surface area contributed by atoms with Crippen LogP contribution < -0.4 is 5.32 Å². The number of anilines is 1. The molecule has 3 rings (SSSR count). The van der Waals surface area contributed by atoms with Gasteiger partial charge in [0, 0.05) is 27.9 Å². The fourth-order valence-electron chi connectivity index (χ4n) is 2.48. The topological polar surface area (TPSA) is 130 Å². The zero-order valence-electron chi connectivity index (χ0n) is 14.8. The fourth-order valence-corrected chi connectivity index (χ4v) is 4.57. The number of amides is 3. The molecule has 9 nitrogen and oxygen atoms in total. The summed E-state index contributed by atoms with van der Waals surface area (Å²) in [7, 11) is 0. The Balaban J connectivity index is 1.72. The van der Waals surface area contributed by atoms with E-state index in [1.807, 2.05) is 0 Å². The molecule has 0 bridgehead atoms. The number of rotatable bonds is 5. The summed E-state index contributed by atoms with van der Waals surface area (Å²) in [4.78, 5) is 47.9. The molecule has 0 aromatic heterocycles. The van der Waals surface area contributed by atoms with Crippen LogP contribution in [0.15, 0.2) is 50.2 Å². The van der Waals surface area contributed by atoms with Crippen LogP contribution in [0.5, 0.6) is 5.75 Å². The zero-order chi connectivity index (χ0) is 22.0. The molecule has 1 saturated heterocycles. The molecule has 2 aromatic carbocycles. The van der Waals surface area contributed by atoms with Gasteiger partial charge in [-0.05, 0) is 58.0 Å². The Kier molecular flexibility index (Phi) is 6.58. The van der Waals surface area contributed by atoms with Gasteiger partial charge in [0.15, 0.2) is 0 Å². The molecular weight excluding hydrogens is 546 g/mol. The van der Waals surface area contributed by atoms with Gasteiger partial charge in [-0.25, -0.2) is 0 Å². The minimum Gasteiger partial charge on any atom is -0.506 e. The summed E-state index contributed by atoms with van der Waals surface area (Å²) < 4.78 is 1.06. The molecule has 0 unspecified atom stereocenters. The number of phenolic OH excluding ortho intramolecular Hbond substituents is 1. The minimum absolute atomic E-state index is 0.0587. The Labute approximate surface area is 190 Å². The lowest BCUT2D eigenvalue weighted by atomic mass is 10.2. The highest BCUT2D eigenvalue weighted by Gasteiger charge is 2.36. The van der Waals surface area contributed by atoms with Crippen LogP contribution in [0, 0.1) is 10.1 Å². The second-order valence-electron chi connectivity index (χ2n) is 5.95. The van der Waals surface area contributed by atoms with Crippen molar-refractivity contribution in [2.24, 2.45) is 0 Å². The van der Waals surface area contributed by atoms with Gasteiger partial charge in [0.1, 0.15) is 12.3 Å². The first-order valence-electron chi connectivity index (χ1n) is 8.13. The summed E-state index contributed by atoms with van der Waals surface area (Å²) in [6.07, 6.45) is 1.37. The Morgan fingerprint density at radius 1 is 1.23 bits per heavy atom. The van der Waals surface area contributed by atoms with Crippen molar-refractivity contribution in [1.29, 1.82) is 0 Å². The molecule has 0 radical (unpaired) electrons. The van der Waals surface area contributed by atoms with Crippen molar-refractivity contribution in [2.75, 3.05) is 11.9 Å². The number of phenols is 1. The SMILES string of the molecule is O=C(CN1C(=O)S/C(=C\c2cc(Br)cc(Br)c2O)C1=O)Nc1ccc([N+](=O)[O-])cc1. The first-order valence-corrected chi connectivity index (χ1v) is 10.5. The Morgan fingerprint density at radius 2 is 1.90 bits per heavy atom. The molecule has 12 heteroatoms. The fraction of sp³-hybridized carbons (Fsp3) is 0.0556. The van der Waals surface area contributed by atoms with E-state index in [0.717, 1.165) is 4.90 Å². The standard InChI is InChI=1S/C18H11Br2N3O6S/c19-10-5-9(16(25)13(20)7-10)6-14-17(26)22(18(27)30-14)8-15(24)21-11-1-3-12(4-2-11)23(28)29/h1-7,25H,8H2,(H,21,24)/b14-6-. The molecule has 2 aromatic rings. The first kappa shape index (κ1) is 22.0. The average Bonchev–Trinajstić information content (AvgIpc) is 2.93. The van der Waals surface area contributed by atoms with Crippen LogP contribution in [0.25, 0.3) is 6.08 Å². The second kappa shape index (κ2) is 8.98. The molecule has 0 atom stereocenters. The van der Waals surface area contributed by atoms with Gasteiger partial charge in [0.25, 0.3) is 16.8 Å². The van der Waals surface area contributed by atoms with Crippen LogP contribution in [0.3, 0.4) is 0 Å². The van der Waals surface area contributed by atoms with Gasteiger partial charge in [-0.3, -0.25) is 29.4 Å². The third kappa shape index (κ3) is 4.89. The summed E-state index contributed by atoms with van der Waals surface area (Å²) in [6.45, 7) is -0.521. The smallest absolute Gasteiger partial charge is 0.294 e. The number of hydrogen-bond donors (Lipinski definition) is 2. The molecule has 2 N–H and O–H groups in total. The van der Waals surface area contributed by atoms with E-state index in [9.17, 15) is 29.6 Å². The zero-order valence-corrected chi connectivity index (χ0v) is 18.8. The van der Waals surface area contributed by atoms with E-state index in [0.29, 0.717) is 26.3 Å². The maximum absolute atomic E-state index is 12.6. The summed E-state index contributed by atoms with van der Waals surface area (Å²) in [5, 5.41) is 22.6. The Bertz CT molecular complexity index is 1100. The number of thioether (sulfide) groups is 1. The number of aromatic hydroxyl groups is 1. The quantitative estimate of drug-likeness (QED) is 0.315. The van der Waals surface area contributed by atoms with Crippen molar-refractivity contribution in [3.63, 3.8) is 0 Å². The number of nitro benzene ring substituents is 1. The Hall–Kier alpha value is -2.70. The van der Waals surface area contributed by atoms with E-state index in [-0.39, 0.29) is 22.0 Å². The number of carbonyl (C=O) groups is 3. The normalized spacial score (nSPS) is 15.0. The van der Waals surface area contributed by atoms with E-state index >= 15 is 0 Å². The highest BCUT2D eigenvalue weighted by molar-refractivity contribution is 9.11. The summed E-state index contributed by atoms with van der Waals surface area (Å²) in [6, 6.07) is 8.34. The number of imide groups is 1. The van der Waals surface area contributed by atoms with E-state index < -0.39 is 28.5 Å². The Morgan fingerprint density at radius 3 is 2.53 bits per heavy atom. The number of benzene rings is 2. The summed E-state index contributed by atoms with van der Waals surface area (Å²) >= 11 is 7.13. The van der Waals surface area contributed by atoms with Crippen LogP contribution in [0.2, 0.25) is 0 Å². The minimum atomic E-state index is -0.667. The number of nitrogens with zero attached hydrogens (tertiary/aromatic N) is 2. The molecule has 0 saturated carbocycles. The molecule has 30 heavy (non-hydrogen) atoms. The largest absolute Gasteiger partial charge is 0.506 e. The van der Waals surface area contributed by atoms with Gasteiger partial charge in [-0.15, -0.1) is 0 Å². The van der Waals surface area contributed by atoms with Crippen LogP contribution in [-0.2, 0) is 9.59 Å². The van der Waals surface area contributed by atoms with Gasteiger partial charge in [0.2, 0.25) is 5.91 Å². The van der Waals surface area contributed by atoms with E-state index in [1.165, 1.54) is 30.3 Å². The van der Waals surface area contributed by atoms with Gasteiger partial charge >= 0.3 is 0 Å². The predicted octanol–water partition coefficient (Wildman–Crippen LogP) is 4.50. The highest BCUT2D eigenvalue weighted by Crippen LogP contribution is 2.37. The number of nitro groups is 1. The van der Waals surface area contributed by atoms with Crippen LogP contribution in [0.4, 0.5) is 16.2 Å². The molecule has 1 aliphatic heterocycles. The number of nitrogens with one attached hydrogen (secondary N) is 1. The lowest BCUT2D eigenvalue weighted by Gasteiger charge is -2.12. The molecule has 0 aliphatic carbocycles. The molecular formula is C18H11Br2N3O6S. The molecule has 0 spiro atoms.